The number of nitrogens with one attached hydrogen (secondary N) is 1. The smallest absolute Gasteiger partial charge is 0.292 e. The van der Waals surface area contributed by atoms with Crippen molar-refractivity contribution in [3.05, 3.63) is 34.4 Å². The first-order chi connectivity index (χ1) is 8.41. The maximum absolute atomic E-state index is 11.8. The van der Waals surface area contributed by atoms with Gasteiger partial charge in [-0.25, -0.2) is 0 Å². The van der Waals surface area contributed by atoms with Gasteiger partial charge in [0.05, 0.1) is 11.0 Å². The van der Waals surface area contributed by atoms with Crippen LogP contribution in [0.4, 0.5) is 11.4 Å². The van der Waals surface area contributed by atoms with E-state index in [1.807, 2.05) is 13.8 Å². The zero-order chi connectivity index (χ0) is 13.7. The molecule has 1 aromatic rings. The van der Waals surface area contributed by atoms with E-state index in [0.29, 0.717) is 6.42 Å². The summed E-state index contributed by atoms with van der Waals surface area (Å²) in [5.74, 6) is -0.116. The Labute approximate surface area is 105 Å². The molecule has 0 aliphatic heterocycles. The molecule has 0 unspecified atom stereocenters. The molecule has 1 rings (SSSR count). The Kier molecular flexibility index (Phi) is 4.79. The number of benzene rings is 1. The molecule has 0 fully saturated rings. The molecule has 0 saturated carbocycles. The van der Waals surface area contributed by atoms with Crippen LogP contribution in [0.1, 0.15) is 20.3 Å². The number of anilines is 1. The number of nitrogens with zero attached hydrogens (tertiary/aromatic N) is 1. The summed E-state index contributed by atoms with van der Waals surface area (Å²) in [4.78, 5) is 22.0. The summed E-state index contributed by atoms with van der Waals surface area (Å²) in [7, 11) is 0. The zero-order valence-electron chi connectivity index (χ0n) is 10.4. The van der Waals surface area contributed by atoms with Crippen molar-refractivity contribution < 1.29 is 9.72 Å². The Balaban J connectivity index is 2.79. The highest BCUT2D eigenvalue weighted by Gasteiger charge is 2.19. The van der Waals surface area contributed by atoms with Gasteiger partial charge in [-0.05, 0) is 18.4 Å². The molecule has 0 spiro atoms. The largest absolute Gasteiger partial charge is 0.320 e. The van der Waals surface area contributed by atoms with Crippen molar-refractivity contribution in [2.75, 3.05) is 5.32 Å². The minimum atomic E-state index is -0.662. The van der Waals surface area contributed by atoms with Crippen LogP contribution in [0, 0.1) is 16.0 Å². The second-order valence-corrected chi connectivity index (χ2v) is 4.50. The number of amides is 1. The number of nitro groups is 1. The lowest BCUT2D eigenvalue weighted by Crippen LogP contribution is -2.36. The van der Waals surface area contributed by atoms with Gasteiger partial charge in [0.1, 0.15) is 5.69 Å². The molecule has 98 valence electrons. The van der Waals surface area contributed by atoms with Crippen LogP contribution in [-0.2, 0) is 4.79 Å². The first kappa shape index (κ1) is 14.1. The SMILES string of the molecule is CC(C)C[C@@H](N)C(=O)Nc1ccccc1[N+](=O)[O-]. The Morgan fingerprint density at radius 1 is 1.44 bits per heavy atom. The molecule has 0 saturated heterocycles. The lowest BCUT2D eigenvalue weighted by atomic mass is 10.0. The van der Waals surface area contributed by atoms with Crippen molar-refractivity contribution >= 4 is 17.3 Å². The topological polar surface area (TPSA) is 98.3 Å². The fraction of sp³-hybridized carbons (Fsp3) is 0.417. The third-order valence-corrected chi connectivity index (χ3v) is 2.42. The van der Waals surface area contributed by atoms with E-state index in [4.69, 9.17) is 5.73 Å². The van der Waals surface area contributed by atoms with E-state index in [-0.39, 0.29) is 17.3 Å². The van der Waals surface area contributed by atoms with E-state index in [9.17, 15) is 14.9 Å². The van der Waals surface area contributed by atoms with E-state index in [2.05, 4.69) is 5.32 Å². The maximum Gasteiger partial charge on any atom is 0.292 e. The molecule has 0 bridgehead atoms. The van der Waals surface area contributed by atoms with Crippen molar-refractivity contribution in [3.63, 3.8) is 0 Å². The van der Waals surface area contributed by atoms with Crippen LogP contribution in [0.25, 0.3) is 0 Å². The fourth-order valence-corrected chi connectivity index (χ4v) is 1.58. The van der Waals surface area contributed by atoms with E-state index < -0.39 is 16.9 Å². The Hall–Kier alpha value is -1.95. The highest BCUT2D eigenvalue weighted by atomic mass is 16.6. The Morgan fingerprint density at radius 3 is 2.61 bits per heavy atom. The van der Waals surface area contributed by atoms with E-state index >= 15 is 0 Å². The molecule has 6 nitrogen and oxygen atoms in total. The number of carbonyl (C=O) groups excluding carboxylic acids is 1. The second-order valence-electron chi connectivity index (χ2n) is 4.50. The molecule has 6 heteroatoms. The summed E-state index contributed by atoms with van der Waals surface area (Å²) in [5, 5.41) is 13.3. The van der Waals surface area contributed by atoms with Gasteiger partial charge in [0.15, 0.2) is 0 Å². The van der Waals surface area contributed by atoms with Gasteiger partial charge < -0.3 is 11.1 Å². The normalized spacial score (nSPS) is 12.2. The molecular weight excluding hydrogens is 234 g/mol. The predicted octanol–water partition coefficient (Wildman–Crippen LogP) is 1.91. The van der Waals surface area contributed by atoms with Crippen LogP contribution in [-0.4, -0.2) is 16.9 Å². The minimum Gasteiger partial charge on any atom is -0.320 e. The maximum atomic E-state index is 11.8. The number of rotatable bonds is 5. The van der Waals surface area contributed by atoms with E-state index in [1.165, 1.54) is 12.1 Å². The molecule has 1 aromatic carbocycles. The summed E-state index contributed by atoms with van der Waals surface area (Å²) < 4.78 is 0. The van der Waals surface area contributed by atoms with Crippen molar-refractivity contribution in [2.24, 2.45) is 11.7 Å². The zero-order valence-corrected chi connectivity index (χ0v) is 10.4. The molecule has 1 amide bonds. The van der Waals surface area contributed by atoms with Gasteiger partial charge in [-0.3, -0.25) is 14.9 Å². The number of hydrogen-bond acceptors (Lipinski definition) is 4. The minimum absolute atomic E-state index is 0.136. The highest BCUT2D eigenvalue weighted by molar-refractivity contribution is 5.96. The first-order valence-electron chi connectivity index (χ1n) is 5.71. The average molecular weight is 251 g/mol. The first-order valence-corrected chi connectivity index (χ1v) is 5.71. The second kappa shape index (κ2) is 6.11. The molecule has 3 N–H and O–H groups in total. The van der Waals surface area contributed by atoms with Crippen LogP contribution in [0.5, 0.6) is 0 Å². The number of para-hydroxylation sites is 2. The van der Waals surface area contributed by atoms with Crippen LogP contribution < -0.4 is 11.1 Å². The standard InChI is InChI=1S/C12H17N3O3/c1-8(2)7-9(13)12(16)14-10-5-3-4-6-11(10)15(17)18/h3-6,8-9H,7,13H2,1-2H3,(H,14,16)/t9-/m1/s1. The molecule has 0 aliphatic rings. The third-order valence-electron chi connectivity index (χ3n) is 2.42. The Morgan fingerprint density at radius 2 is 2.06 bits per heavy atom. The van der Waals surface area contributed by atoms with Gasteiger partial charge in [-0.2, -0.15) is 0 Å². The molecule has 0 radical (unpaired) electrons. The van der Waals surface area contributed by atoms with Crippen molar-refractivity contribution in [1.82, 2.24) is 0 Å². The van der Waals surface area contributed by atoms with Crippen molar-refractivity contribution in [3.8, 4) is 0 Å². The molecule has 1 atom stereocenters. The van der Waals surface area contributed by atoms with Crippen LogP contribution in [0.3, 0.4) is 0 Å². The lowest BCUT2D eigenvalue weighted by molar-refractivity contribution is -0.383. The van der Waals surface area contributed by atoms with Crippen molar-refractivity contribution in [2.45, 2.75) is 26.3 Å². The van der Waals surface area contributed by atoms with Gasteiger partial charge >= 0.3 is 0 Å². The number of hydrogen-bond donors (Lipinski definition) is 2. The lowest BCUT2D eigenvalue weighted by Gasteiger charge is -2.14. The summed E-state index contributed by atoms with van der Waals surface area (Å²) in [6.45, 7) is 3.91. The quantitative estimate of drug-likeness (QED) is 0.616. The summed E-state index contributed by atoms with van der Waals surface area (Å²) >= 11 is 0. The highest BCUT2D eigenvalue weighted by Crippen LogP contribution is 2.23. The van der Waals surface area contributed by atoms with E-state index in [0.717, 1.165) is 0 Å². The molecule has 0 aliphatic carbocycles. The molecule has 0 heterocycles. The van der Waals surface area contributed by atoms with Crippen molar-refractivity contribution in [1.29, 1.82) is 0 Å². The molecular formula is C12H17N3O3. The monoisotopic (exact) mass is 251 g/mol. The van der Waals surface area contributed by atoms with E-state index in [1.54, 1.807) is 12.1 Å². The van der Waals surface area contributed by atoms with Gasteiger partial charge in [0.2, 0.25) is 5.91 Å². The van der Waals surface area contributed by atoms with Gasteiger partial charge in [-0.15, -0.1) is 0 Å². The number of nitrogens with two attached hydrogens (primary N) is 1. The predicted molar refractivity (Wildman–Crippen MR) is 69.2 cm³/mol. The van der Waals surface area contributed by atoms with Crippen LogP contribution in [0.2, 0.25) is 0 Å². The number of carbonyl (C=O) groups is 1. The molecule has 18 heavy (non-hydrogen) atoms. The van der Waals surface area contributed by atoms with Crippen LogP contribution in [0.15, 0.2) is 24.3 Å². The van der Waals surface area contributed by atoms with Gasteiger partial charge in [0.25, 0.3) is 5.69 Å². The van der Waals surface area contributed by atoms with Gasteiger partial charge in [0, 0.05) is 6.07 Å². The number of nitro benzene ring substituents is 1. The average Bonchev–Trinajstić information content (AvgIpc) is 2.28. The third kappa shape index (κ3) is 3.81. The summed E-state index contributed by atoms with van der Waals surface area (Å²) in [5.41, 5.74) is 5.75. The summed E-state index contributed by atoms with van der Waals surface area (Å²) in [6, 6.07) is 5.32. The molecule has 0 aromatic heterocycles. The Bertz CT molecular complexity index is 446. The van der Waals surface area contributed by atoms with Gasteiger partial charge in [-0.1, -0.05) is 26.0 Å². The van der Waals surface area contributed by atoms with Crippen LogP contribution >= 0.6 is 0 Å². The fourth-order valence-electron chi connectivity index (χ4n) is 1.58. The summed E-state index contributed by atoms with van der Waals surface area (Å²) in [6.07, 6.45) is 0.534.